The highest BCUT2D eigenvalue weighted by Gasteiger charge is 2.57. The molecule has 0 radical (unpaired) electrons. The van der Waals surface area contributed by atoms with Crippen molar-refractivity contribution >= 4 is 0 Å². The number of allylic oxidation sites excluding steroid dienone is 6. The summed E-state index contributed by atoms with van der Waals surface area (Å²) in [6.07, 6.45) is 14.0. The van der Waals surface area contributed by atoms with Gasteiger partial charge in [-0.05, 0) is 79.1 Å². The zero-order chi connectivity index (χ0) is 16.4. The van der Waals surface area contributed by atoms with Crippen molar-refractivity contribution in [3.05, 3.63) is 47.6 Å². The normalized spacial score (nSPS) is 45.8. The summed E-state index contributed by atoms with van der Waals surface area (Å²) in [5.74, 6) is 2.56. The molecule has 0 heterocycles. The Morgan fingerprint density at radius 2 is 1.91 bits per heavy atom. The Kier molecular flexibility index (Phi) is 3.35. The zero-order valence-corrected chi connectivity index (χ0v) is 15.3. The van der Waals surface area contributed by atoms with Gasteiger partial charge in [-0.3, -0.25) is 0 Å². The van der Waals surface area contributed by atoms with Crippen molar-refractivity contribution in [3.8, 4) is 0 Å². The standard InChI is InChI=1S/C23H32/c1-6-17-7-8-19-18-14-16(3)21-13-15(2)9-11-23(21,5)20(18)10-12-22(17,19)4/h7,13,18-20H,2-3,6,8-12,14H2,1,4-5H3. The predicted molar refractivity (Wildman–Crippen MR) is 99.1 cm³/mol. The van der Waals surface area contributed by atoms with Gasteiger partial charge in [0.25, 0.3) is 0 Å². The van der Waals surface area contributed by atoms with Crippen molar-refractivity contribution in [2.24, 2.45) is 28.6 Å². The highest BCUT2D eigenvalue weighted by molar-refractivity contribution is 5.46. The molecule has 0 aromatic heterocycles. The Balaban J connectivity index is 1.73. The minimum Gasteiger partial charge on any atom is -0.0958 e. The number of fused-ring (bicyclic) bond motifs is 5. The predicted octanol–water partition coefficient (Wildman–Crippen LogP) is 6.62. The highest BCUT2D eigenvalue weighted by atomic mass is 14.6. The Morgan fingerprint density at radius 3 is 2.65 bits per heavy atom. The first kappa shape index (κ1) is 15.5. The fourth-order valence-electron chi connectivity index (χ4n) is 6.85. The van der Waals surface area contributed by atoms with Gasteiger partial charge in [-0.15, -0.1) is 0 Å². The van der Waals surface area contributed by atoms with Crippen LogP contribution in [0.5, 0.6) is 0 Å². The molecule has 2 saturated carbocycles. The Morgan fingerprint density at radius 1 is 1.13 bits per heavy atom. The van der Waals surface area contributed by atoms with Crippen LogP contribution in [0, 0.1) is 28.6 Å². The fourth-order valence-corrected chi connectivity index (χ4v) is 6.85. The smallest absolute Gasteiger partial charge is 0.00384 e. The number of hydrogen-bond acceptors (Lipinski definition) is 0. The molecule has 23 heavy (non-hydrogen) atoms. The van der Waals surface area contributed by atoms with Crippen LogP contribution in [0.3, 0.4) is 0 Å². The SMILES string of the molecule is C=C1C=C2C(=C)CC3C4CC=C(CC)C4(C)CCC3C2(C)CC1. The van der Waals surface area contributed by atoms with Crippen molar-refractivity contribution in [1.82, 2.24) is 0 Å². The average molecular weight is 309 g/mol. The maximum Gasteiger partial charge on any atom is -0.00384 e. The third kappa shape index (κ3) is 1.96. The molecular weight excluding hydrogens is 276 g/mol. The van der Waals surface area contributed by atoms with Crippen LogP contribution in [-0.2, 0) is 0 Å². The Labute approximate surface area is 142 Å². The summed E-state index contributed by atoms with van der Waals surface area (Å²) in [5, 5.41) is 0. The van der Waals surface area contributed by atoms with E-state index < -0.39 is 0 Å². The molecule has 5 atom stereocenters. The minimum atomic E-state index is 0.359. The molecule has 4 aliphatic rings. The van der Waals surface area contributed by atoms with E-state index in [4.69, 9.17) is 0 Å². The summed E-state index contributed by atoms with van der Waals surface area (Å²) in [6.45, 7) is 16.2. The summed E-state index contributed by atoms with van der Waals surface area (Å²) in [7, 11) is 0. The second-order valence-corrected chi connectivity index (χ2v) is 9.09. The molecule has 0 aliphatic heterocycles. The maximum absolute atomic E-state index is 4.52. The van der Waals surface area contributed by atoms with Gasteiger partial charge >= 0.3 is 0 Å². The zero-order valence-electron chi connectivity index (χ0n) is 15.3. The molecule has 0 amide bonds. The van der Waals surface area contributed by atoms with Crippen molar-refractivity contribution in [2.45, 2.75) is 65.7 Å². The van der Waals surface area contributed by atoms with E-state index >= 15 is 0 Å². The molecule has 4 rings (SSSR count). The molecule has 0 spiro atoms. The maximum atomic E-state index is 4.52. The van der Waals surface area contributed by atoms with Crippen molar-refractivity contribution < 1.29 is 0 Å². The first-order valence-electron chi connectivity index (χ1n) is 9.68. The van der Waals surface area contributed by atoms with Crippen LogP contribution in [0.4, 0.5) is 0 Å². The van der Waals surface area contributed by atoms with Crippen LogP contribution in [0.1, 0.15) is 65.7 Å². The largest absolute Gasteiger partial charge is 0.0958 e. The van der Waals surface area contributed by atoms with Crippen molar-refractivity contribution in [1.29, 1.82) is 0 Å². The molecule has 5 unspecified atom stereocenters. The molecule has 0 bridgehead atoms. The van der Waals surface area contributed by atoms with Crippen LogP contribution >= 0.6 is 0 Å². The lowest BCUT2D eigenvalue weighted by molar-refractivity contribution is -0.0155. The molecule has 4 aliphatic carbocycles. The monoisotopic (exact) mass is 308 g/mol. The van der Waals surface area contributed by atoms with E-state index in [1.165, 1.54) is 56.1 Å². The summed E-state index contributed by atoms with van der Waals surface area (Å²) >= 11 is 0. The van der Waals surface area contributed by atoms with Crippen molar-refractivity contribution in [2.75, 3.05) is 0 Å². The molecule has 0 heteroatoms. The topological polar surface area (TPSA) is 0 Å². The summed E-state index contributed by atoms with van der Waals surface area (Å²) in [6, 6.07) is 0. The number of rotatable bonds is 1. The third-order valence-corrected chi connectivity index (χ3v) is 8.17. The third-order valence-electron chi connectivity index (χ3n) is 8.17. The quantitative estimate of drug-likeness (QED) is 0.478. The molecule has 0 aromatic carbocycles. The molecule has 0 aromatic rings. The molecular formula is C23H32. The van der Waals surface area contributed by atoms with E-state index in [0.717, 1.165) is 17.8 Å². The molecule has 2 fully saturated rings. The van der Waals surface area contributed by atoms with Gasteiger partial charge in [0.15, 0.2) is 0 Å². The molecule has 0 saturated heterocycles. The van der Waals surface area contributed by atoms with Crippen molar-refractivity contribution in [3.63, 3.8) is 0 Å². The summed E-state index contributed by atoms with van der Waals surface area (Å²) in [5.41, 5.74) is 6.87. The minimum absolute atomic E-state index is 0.359. The van der Waals surface area contributed by atoms with Gasteiger partial charge in [0.2, 0.25) is 0 Å². The summed E-state index contributed by atoms with van der Waals surface area (Å²) in [4.78, 5) is 0. The average Bonchev–Trinajstić information content (AvgIpc) is 2.86. The van der Waals surface area contributed by atoms with Gasteiger partial charge in [0.1, 0.15) is 0 Å². The molecule has 0 nitrogen and oxygen atoms in total. The van der Waals surface area contributed by atoms with Crippen LogP contribution in [0.25, 0.3) is 0 Å². The lowest BCUT2D eigenvalue weighted by Gasteiger charge is -2.58. The van der Waals surface area contributed by atoms with E-state index in [0.29, 0.717) is 10.8 Å². The molecule has 124 valence electrons. The Hall–Kier alpha value is -1.04. The van der Waals surface area contributed by atoms with E-state index in [-0.39, 0.29) is 0 Å². The fraction of sp³-hybridized carbons (Fsp3) is 0.652. The van der Waals surface area contributed by atoms with Crippen LogP contribution < -0.4 is 0 Å². The highest BCUT2D eigenvalue weighted by Crippen LogP contribution is 2.66. The van der Waals surface area contributed by atoms with Crippen LogP contribution in [-0.4, -0.2) is 0 Å². The second kappa shape index (κ2) is 4.98. The van der Waals surface area contributed by atoms with Crippen LogP contribution in [0.2, 0.25) is 0 Å². The summed E-state index contributed by atoms with van der Waals surface area (Å²) < 4.78 is 0. The Bertz CT molecular complexity index is 630. The van der Waals surface area contributed by atoms with Gasteiger partial charge in [-0.1, -0.05) is 62.8 Å². The lowest BCUT2D eigenvalue weighted by Crippen LogP contribution is -2.50. The van der Waals surface area contributed by atoms with Gasteiger partial charge in [-0.25, -0.2) is 0 Å². The van der Waals surface area contributed by atoms with Gasteiger partial charge in [0.05, 0.1) is 0 Å². The van der Waals surface area contributed by atoms with E-state index in [1.807, 2.05) is 0 Å². The van der Waals surface area contributed by atoms with Gasteiger partial charge in [0, 0.05) is 0 Å². The van der Waals surface area contributed by atoms with E-state index in [9.17, 15) is 0 Å². The van der Waals surface area contributed by atoms with E-state index in [2.05, 4.69) is 46.1 Å². The molecule has 0 N–H and O–H groups in total. The van der Waals surface area contributed by atoms with E-state index in [1.54, 1.807) is 11.1 Å². The van der Waals surface area contributed by atoms with Gasteiger partial charge in [-0.2, -0.15) is 0 Å². The lowest BCUT2D eigenvalue weighted by atomic mass is 9.46. The first-order valence-corrected chi connectivity index (χ1v) is 9.68. The second-order valence-electron chi connectivity index (χ2n) is 9.09. The van der Waals surface area contributed by atoms with Crippen LogP contribution in [0.15, 0.2) is 47.6 Å². The van der Waals surface area contributed by atoms with Gasteiger partial charge < -0.3 is 0 Å². The first-order chi connectivity index (χ1) is 10.9. The number of hydrogen-bond donors (Lipinski definition) is 0.